The minimum Gasteiger partial charge on any atom is -0.493 e. The van der Waals surface area contributed by atoms with E-state index in [2.05, 4.69) is 10.5 Å². The van der Waals surface area contributed by atoms with E-state index in [0.717, 1.165) is 11.1 Å². The number of amides is 1. The van der Waals surface area contributed by atoms with Crippen molar-refractivity contribution < 1.29 is 19.0 Å². The Hall–Kier alpha value is -3.28. The molecule has 0 aromatic heterocycles. The Bertz CT molecular complexity index is 789. The molecule has 2 aromatic carbocycles. The Morgan fingerprint density at radius 1 is 1.00 bits per heavy atom. The zero-order valence-electron chi connectivity index (χ0n) is 15.3. The van der Waals surface area contributed by atoms with Gasteiger partial charge in [0.2, 0.25) is 5.75 Å². The number of ether oxygens (including phenoxy) is 3. The van der Waals surface area contributed by atoms with E-state index in [1.807, 2.05) is 43.3 Å². The number of rotatable bonds is 7. The molecule has 6 heteroatoms. The molecule has 136 valence electrons. The molecule has 0 saturated heterocycles. The van der Waals surface area contributed by atoms with Crippen molar-refractivity contribution in [2.45, 2.75) is 6.92 Å². The van der Waals surface area contributed by atoms with Gasteiger partial charge in [0, 0.05) is 5.56 Å². The fraction of sp³-hybridized carbons (Fsp3) is 0.200. The standard InChI is InChI=1S/C20H22N2O4/c1-14(10-15-8-6-5-7-9-15)13-21-22-20(23)16-11-17(24-2)19(26-4)18(12-16)25-3/h5-13H,1-4H3,(H,22,23)/b14-10+,21-13-. The molecule has 0 spiro atoms. The quantitative estimate of drug-likeness (QED) is 0.610. The van der Waals surface area contributed by atoms with E-state index in [4.69, 9.17) is 14.2 Å². The van der Waals surface area contributed by atoms with Crippen LogP contribution in [0.1, 0.15) is 22.8 Å². The maximum atomic E-state index is 12.3. The topological polar surface area (TPSA) is 69.2 Å². The van der Waals surface area contributed by atoms with Crippen molar-refractivity contribution in [1.82, 2.24) is 5.43 Å². The summed E-state index contributed by atoms with van der Waals surface area (Å²) in [5.41, 5.74) is 4.81. The van der Waals surface area contributed by atoms with Crippen LogP contribution in [0.15, 0.2) is 53.1 Å². The van der Waals surface area contributed by atoms with E-state index in [-0.39, 0.29) is 5.91 Å². The molecule has 0 bridgehead atoms. The molecule has 0 saturated carbocycles. The number of nitrogens with zero attached hydrogens (tertiary/aromatic N) is 1. The van der Waals surface area contributed by atoms with E-state index in [1.54, 1.807) is 18.3 Å². The van der Waals surface area contributed by atoms with E-state index in [0.29, 0.717) is 22.8 Å². The Morgan fingerprint density at radius 3 is 2.15 bits per heavy atom. The highest BCUT2D eigenvalue weighted by molar-refractivity contribution is 5.96. The van der Waals surface area contributed by atoms with Crippen LogP contribution in [0, 0.1) is 0 Å². The fourth-order valence-corrected chi connectivity index (χ4v) is 2.32. The molecule has 1 N–H and O–H groups in total. The van der Waals surface area contributed by atoms with Gasteiger partial charge in [-0.05, 0) is 30.2 Å². The first-order valence-corrected chi connectivity index (χ1v) is 7.95. The minimum atomic E-state index is -0.381. The lowest BCUT2D eigenvalue weighted by Crippen LogP contribution is -2.18. The van der Waals surface area contributed by atoms with Gasteiger partial charge < -0.3 is 14.2 Å². The normalized spacial score (nSPS) is 11.3. The maximum Gasteiger partial charge on any atom is 0.271 e. The van der Waals surface area contributed by atoms with E-state index >= 15 is 0 Å². The molecular formula is C20H22N2O4. The smallest absolute Gasteiger partial charge is 0.271 e. The number of hydrogen-bond donors (Lipinski definition) is 1. The summed E-state index contributed by atoms with van der Waals surface area (Å²) < 4.78 is 15.7. The number of carbonyl (C=O) groups excluding carboxylic acids is 1. The van der Waals surface area contributed by atoms with Crippen LogP contribution in [-0.4, -0.2) is 33.5 Å². The molecule has 2 aromatic rings. The SMILES string of the molecule is COc1cc(C(=O)N/N=C\C(C)=C\c2ccccc2)cc(OC)c1OC. The Balaban J connectivity index is 2.11. The summed E-state index contributed by atoms with van der Waals surface area (Å²) in [5.74, 6) is 0.854. The lowest BCUT2D eigenvalue weighted by Gasteiger charge is -2.13. The number of benzene rings is 2. The van der Waals surface area contributed by atoms with Crippen molar-refractivity contribution >= 4 is 18.2 Å². The van der Waals surface area contributed by atoms with Crippen LogP contribution in [-0.2, 0) is 0 Å². The second-order valence-electron chi connectivity index (χ2n) is 5.41. The van der Waals surface area contributed by atoms with E-state index in [9.17, 15) is 4.79 Å². The molecular weight excluding hydrogens is 332 g/mol. The minimum absolute atomic E-state index is 0.348. The van der Waals surface area contributed by atoms with Gasteiger partial charge in [0.1, 0.15) is 0 Å². The molecule has 0 unspecified atom stereocenters. The summed E-state index contributed by atoms with van der Waals surface area (Å²) in [5, 5.41) is 3.99. The lowest BCUT2D eigenvalue weighted by molar-refractivity contribution is 0.0954. The first-order chi connectivity index (χ1) is 12.6. The molecule has 0 aliphatic rings. The molecule has 2 rings (SSSR count). The number of hydrogen-bond acceptors (Lipinski definition) is 5. The Kier molecular flexibility index (Phi) is 6.79. The summed E-state index contributed by atoms with van der Waals surface area (Å²) >= 11 is 0. The second kappa shape index (κ2) is 9.27. The van der Waals surface area contributed by atoms with Gasteiger partial charge in [-0.2, -0.15) is 5.10 Å². The third-order valence-corrected chi connectivity index (χ3v) is 3.56. The van der Waals surface area contributed by atoms with Crippen LogP contribution >= 0.6 is 0 Å². The second-order valence-corrected chi connectivity index (χ2v) is 5.41. The third-order valence-electron chi connectivity index (χ3n) is 3.56. The zero-order valence-corrected chi connectivity index (χ0v) is 15.3. The molecule has 0 atom stereocenters. The Labute approximate surface area is 153 Å². The molecule has 6 nitrogen and oxygen atoms in total. The van der Waals surface area contributed by atoms with Crippen LogP contribution in [0.5, 0.6) is 17.2 Å². The summed E-state index contributed by atoms with van der Waals surface area (Å²) in [6.07, 6.45) is 3.55. The predicted octanol–water partition coefficient (Wildman–Crippen LogP) is 3.53. The van der Waals surface area contributed by atoms with Crippen LogP contribution in [0.4, 0.5) is 0 Å². The van der Waals surface area contributed by atoms with E-state index in [1.165, 1.54) is 21.3 Å². The average Bonchev–Trinajstić information content (AvgIpc) is 2.67. The molecule has 0 aliphatic heterocycles. The molecule has 0 heterocycles. The number of carbonyl (C=O) groups is 1. The summed E-state index contributed by atoms with van der Waals surface area (Å²) in [6, 6.07) is 13.0. The highest BCUT2D eigenvalue weighted by Gasteiger charge is 2.16. The van der Waals surface area contributed by atoms with Gasteiger partial charge in [-0.1, -0.05) is 36.4 Å². The van der Waals surface area contributed by atoms with Crippen molar-refractivity contribution in [3.8, 4) is 17.2 Å². The number of nitrogens with one attached hydrogen (secondary N) is 1. The molecule has 0 aliphatic carbocycles. The van der Waals surface area contributed by atoms with Crippen LogP contribution in [0.3, 0.4) is 0 Å². The molecule has 1 amide bonds. The molecule has 26 heavy (non-hydrogen) atoms. The predicted molar refractivity (Wildman–Crippen MR) is 102 cm³/mol. The monoisotopic (exact) mass is 354 g/mol. The first kappa shape index (κ1) is 19.1. The van der Waals surface area contributed by atoms with Crippen molar-refractivity contribution in [1.29, 1.82) is 0 Å². The lowest BCUT2D eigenvalue weighted by atomic mass is 10.1. The van der Waals surface area contributed by atoms with Gasteiger partial charge in [0.25, 0.3) is 5.91 Å². The first-order valence-electron chi connectivity index (χ1n) is 7.95. The molecule has 0 fully saturated rings. The average molecular weight is 354 g/mol. The summed E-state index contributed by atoms with van der Waals surface area (Å²) in [6.45, 7) is 1.90. The third kappa shape index (κ3) is 4.86. The molecule has 0 radical (unpaired) electrons. The fourth-order valence-electron chi connectivity index (χ4n) is 2.32. The largest absolute Gasteiger partial charge is 0.493 e. The number of allylic oxidation sites excluding steroid dienone is 1. The van der Waals surface area contributed by atoms with Crippen LogP contribution in [0.2, 0.25) is 0 Å². The number of methoxy groups -OCH3 is 3. The zero-order chi connectivity index (χ0) is 18.9. The number of hydrazone groups is 1. The highest BCUT2D eigenvalue weighted by Crippen LogP contribution is 2.38. The van der Waals surface area contributed by atoms with Crippen molar-refractivity contribution in [2.75, 3.05) is 21.3 Å². The summed E-state index contributed by atoms with van der Waals surface area (Å²) in [7, 11) is 4.50. The summed E-state index contributed by atoms with van der Waals surface area (Å²) in [4.78, 5) is 12.3. The van der Waals surface area contributed by atoms with Gasteiger partial charge in [0.15, 0.2) is 11.5 Å². The van der Waals surface area contributed by atoms with Crippen LogP contribution in [0.25, 0.3) is 6.08 Å². The van der Waals surface area contributed by atoms with Gasteiger partial charge >= 0.3 is 0 Å². The van der Waals surface area contributed by atoms with Crippen molar-refractivity contribution in [3.63, 3.8) is 0 Å². The van der Waals surface area contributed by atoms with Crippen LogP contribution < -0.4 is 19.6 Å². The van der Waals surface area contributed by atoms with Gasteiger partial charge in [-0.3, -0.25) is 4.79 Å². The van der Waals surface area contributed by atoms with Gasteiger partial charge in [-0.25, -0.2) is 5.43 Å². The van der Waals surface area contributed by atoms with Gasteiger partial charge in [0.05, 0.1) is 27.5 Å². The highest BCUT2D eigenvalue weighted by atomic mass is 16.5. The van der Waals surface area contributed by atoms with Crippen molar-refractivity contribution in [3.05, 3.63) is 59.2 Å². The van der Waals surface area contributed by atoms with Gasteiger partial charge in [-0.15, -0.1) is 0 Å². The van der Waals surface area contributed by atoms with Crippen molar-refractivity contribution in [2.24, 2.45) is 5.10 Å². The Morgan fingerprint density at radius 2 is 1.62 bits per heavy atom. The maximum absolute atomic E-state index is 12.3. The van der Waals surface area contributed by atoms with E-state index < -0.39 is 0 Å².